The SMILES string of the molecule is COc1cc([C@H](CC(C)C)N2CCNCC2)cc2c1OCO2.Cl.Cl. The molecule has 2 aliphatic heterocycles. The Balaban J connectivity index is 0.00000144. The molecule has 0 aromatic heterocycles. The molecule has 2 heterocycles. The molecule has 0 radical (unpaired) electrons. The maximum Gasteiger partial charge on any atom is 0.231 e. The number of halogens is 2. The Kier molecular flexibility index (Phi) is 8.43. The van der Waals surface area contributed by atoms with Crippen molar-refractivity contribution in [2.24, 2.45) is 5.92 Å². The van der Waals surface area contributed by atoms with Crippen molar-refractivity contribution in [1.29, 1.82) is 0 Å². The lowest BCUT2D eigenvalue weighted by Crippen LogP contribution is -2.45. The van der Waals surface area contributed by atoms with Crippen molar-refractivity contribution in [3.05, 3.63) is 17.7 Å². The van der Waals surface area contributed by atoms with Crippen molar-refractivity contribution in [3.8, 4) is 17.2 Å². The molecule has 0 bridgehead atoms. The quantitative estimate of drug-likeness (QED) is 0.851. The molecule has 3 rings (SSSR count). The first-order valence-electron chi connectivity index (χ1n) is 8.11. The summed E-state index contributed by atoms with van der Waals surface area (Å²) < 4.78 is 16.6. The number of piperazine rings is 1. The first-order valence-corrected chi connectivity index (χ1v) is 8.11. The van der Waals surface area contributed by atoms with Gasteiger partial charge in [-0.2, -0.15) is 0 Å². The van der Waals surface area contributed by atoms with Gasteiger partial charge >= 0.3 is 0 Å². The molecule has 5 nitrogen and oxygen atoms in total. The number of benzene rings is 1. The van der Waals surface area contributed by atoms with Gasteiger partial charge in [0.2, 0.25) is 12.5 Å². The highest BCUT2D eigenvalue weighted by Gasteiger charge is 2.27. The van der Waals surface area contributed by atoms with Crippen LogP contribution >= 0.6 is 24.8 Å². The van der Waals surface area contributed by atoms with Gasteiger partial charge in [0.25, 0.3) is 0 Å². The predicted octanol–water partition coefficient (Wildman–Crippen LogP) is 3.26. The van der Waals surface area contributed by atoms with Gasteiger partial charge in [-0.1, -0.05) is 13.8 Å². The molecule has 24 heavy (non-hydrogen) atoms. The molecule has 2 aliphatic rings. The van der Waals surface area contributed by atoms with Gasteiger partial charge in [0.1, 0.15) is 0 Å². The number of nitrogens with zero attached hydrogens (tertiary/aromatic N) is 1. The summed E-state index contributed by atoms with van der Waals surface area (Å²) in [6.45, 7) is 9.09. The number of hydrogen-bond acceptors (Lipinski definition) is 5. The molecule has 138 valence electrons. The van der Waals surface area contributed by atoms with Gasteiger partial charge in [0, 0.05) is 32.2 Å². The fourth-order valence-electron chi connectivity index (χ4n) is 3.28. The van der Waals surface area contributed by atoms with Crippen molar-refractivity contribution in [3.63, 3.8) is 0 Å². The van der Waals surface area contributed by atoms with Crippen LogP contribution in [0.1, 0.15) is 31.9 Å². The Bertz CT molecular complexity index is 523. The van der Waals surface area contributed by atoms with Crippen LogP contribution in [0.25, 0.3) is 0 Å². The van der Waals surface area contributed by atoms with Crippen LogP contribution in [0, 0.1) is 5.92 Å². The van der Waals surface area contributed by atoms with E-state index in [1.807, 2.05) is 0 Å². The summed E-state index contributed by atoms with van der Waals surface area (Å²) in [4.78, 5) is 2.56. The van der Waals surface area contributed by atoms with Crippen LogP contribution in [-0.2, 0) is 0 Å². The summed E-state index contributed by atoms with van der Waals surface area (Å²) in [6, 6.07) is 4.63. The van der Waals surface area contributed by atoms with E-state index in [0.717, 1.165) is 49.8 Å². The van der Waals surface area contributed by atoms with Gasteiger partial charge in [0.05, 0.1) is 7.11 Å². The van der Waals surface area contributed by atoms with Crippen molar-refractivity contribution in [1.82, 2.24) is 10.2 Å². The number of hydrogen-bond donors (Lipinski definition) is 1. The Labute approximate surface area is 156 Å². The monoisotopic (exact) mass is 378 g/mol. The molecule has 0 spiro atoms. The minimum absolute atomic E-state index is 0. The van der Waals surface area contributed by atoms with Gasteiger partial charge < -0.3 is 19.5 Å². The number of ether oxygens (including phenoxy) is 3. The molecule has 1 atom stereocenters. The average Bonchev–Trinajstić information content (AvgIpc) is 3.00. The Morgan fingerprint density at radius 2 is 1.88 bits per heavy atom. The lowest BCUT2D eigenvalue weighted by atomic mass is 9.94. The van der Waals surface area contributed by atoms with E-state index in [1.54, 1.807) is 7.11 Å². The third-order valence-corrected chi connectivity index (χ3v) is 4.35. The van der Waals surface area contributed by atoms with E-state index in [9.17, 15) is 0 Å². The minimum Gasteiger partial charge on any atom is -0.493 e. The maximum atomic E-state index is 5.59. The van der Waals surface area contributed by atoms with Crippen LogP contribution in [0.4, 0.5) is 0 Å². The normalized spacial score (nSPS) is 17.8. The highest BCUT2D eigenvalue weighted by Crippen LogP contribution is 2.44. The fourth-order valence-corrected chi connectivity index (χ4v) is 3.28. The van der Waals surface area contributed by atoms with E-state index in [1.165, 1.54) is 5.56 Å². The second-order valence-electron chi connectivity index (χ2n) is 6.39. The van der Waals surface area contributed by atoms with Crippen LogP contribution < -0.4 is 19.5 Å². The molecule has 1 fully saturated rings. The highest BCUT2D eigenvalue weighted by molar-refractivity contribution is 5.85. The van der Waals surface area contributed by atoms with Gasteiger partial charge in [-0.05, 0) is 30.0 Å². The topological polar surface area (TPSA) is 43.0 Å². The molecule has 1 N–H and O–H groups in total. The van der Waals surface area contributed by atoms with Crippen molar-refractivity contribution in [2.45, 2.75) is 26.3 Å². The Morgan fingerprint density at radius 3 is 2.50 bits per heavy atom. The summed E-state index contributed by atoms with van der Waals surface area (Å²) in [5.74, 6) is 2.94. The molecule has 1 aromatic carbocycles. The fraction of sp³-hybridized carbons (Fsp3) is 0.647. The Hall–Kier alpha value is -0.880. The van der Waals surface area contributed by atoms with E-state index in [-0.39, 0.29) is 31.6 Å². The lowest BCUT2D eigenvalue weighted by molar-refractivity contribution is 0.153. The molecule has 0 saturated carbocycles. The summed E-state index contributed by atoms with van der Waals surface area (Å²) in [5, 5.41) is 3.43. The average molecular weight is 379 g/mol. The second kappa shape index (κ2) is 9.56. The van der Waals surface area contributed by atoms with Crippen molar-refractivity contribution < 1.29 is 14.2 Å². The van der Waals surface area contributed by atoms with E-state index < -0.39 is 0 Å². The van der Waals surface area contributed by atoms with Gasteiger partial charge in [-0.3, -0.25) is 4.90 Å². The molecule has 0 aliphatic carbocycles. The largest absolute Gasteiger partial charge is 0.493 e. The van der Waals surface area contributed by atoms with Crippen LogP contribution in [0.2, 0.25) is 0 Å². The maximum absolute atomic E-state index is 5.59. The molecular formula is C17H28Cl2N2O3. The molecule has 0 amide bonds. The summed E-state index contributed by atoms with van der Waals surface area (Å²) >= 11 is 0. The number of fused-ring (bicyclic) bond motifs is 1. The van der Waals surface area contributed by atoms with Crippen LogP contribution in [0.3, 0.4) is 0 Å². The first-order chi connectivity index (χ1) is 10.7. The second-order valence-corrected chi connectivity index (χ2v) is 6.39. The van der Waals surface area contributed by atoms with Gasteiger partial charge in [-0.15, -0.1) is 24.8 Å². The molecule has 1 saturated heterocycles. The zero-order valence-corrected chi connectivity index (χ0v) is 16.2. The highest BCUT2D eigenvalue weighted by atomic mass is 35.5. The van der Waals surface area contributed by atoms with E-state index in [4.69, 9.17) is 14.2 Å². The summed E-state index contributed by atoms with van der Waals surface area (Å²) in [6.07, 6.45) is 1.13. The number of methoxy groups -OCH3 is 1. The number of rotatable bonds is 5. The summed E-state index contributed by atoms with van der Waals surface area (Å²) in [7, 11) is 1.68. The zero-order chi connectivity index (χ0) is 15.5. The van der Waals surface area contributed by atoms with Crippen LogP contribution in [0.5, 0.6) is 17.2 Å². The molecule has 1 aromatic rings. The molecular weight excluding hydrogens is 351 g/mol. The number of nitrogens with one attached hydrogen (secondary N) is 1. The van der Waals surface area contributed by atoms with Gasteiger partial charge in [-0.25, -0.2) is 0 Å². The third-order valence-electron chi connectivity index (χ3n) is 4.35. The lowest BCUT2D eigenvalue weighted by Gasteiger charge is -2.36. The summed E-state index contributed by atoms with van der Waals surface area (Å²) in [5.41, 5.74) is 1.26. The smallest absolute Gasteiger partial charge is 0.231 e. The molecule has 0 unspecified atom stereocenters. The molecule has 7 heteroatoms. The third kappa shape index (κ3) is 4.60. The van der Waals surface area contributed by atoms with Crippen LogP contribution in [0.15, 0.2) is 12.1 Å². The zero-order valence-electron chi connectivity index (χ0n) is 14.5. The van der Waals surface area contributed by atoms with Crippen LogP contribution in [-0.4, -0.2) is 45.0 Å². The van der Waals surface area contributed by atoms with E-state index >= 15 is 0 Å². The predicted molar refractivity (Wildman–Crippen MR) is 100 cm³/mol. The van der Waals surface area contributed by atoms with Crippen molar-refractivity contribution >= 4 is 24.8 Å². The minimum atomic E-state index is 0. The van der Waals surface area contributed by atoms with Crippen molar-refractivity contribution in [2.75, 3.05) is 40.1 Å². The first kappa shape index (κ1) is 21.2. The van der Waals surface area contributed by atoms with E-state index in [2.05, 4.69) is 36.2 Å². The Morgan fingerprint density at radius 1 is 1.17 bits per heavy atom. The van der Waals surface area contributed by atoms with E-state index in [0.29, 0.717) is 12.0 Å². The standard InChI is InChI=1S/C17H26N2O3.2ClH/c1-12(2)8-14(19-6-4-18-5-7-19)13-9-15(20-3)17-16(10-13)21-11-22-17;;/h9-10,12,14,18H,4-8,11H2,1-3H3;2*1H/t14-;;/m0../s1. The van der Waals surface area contributed by atoms with Gasteiger partial charge in [0.15, 0.2) is 11.5 Å².